The second-order valence-electron chi connectivity index (χ2n) is 3.35. The van der Waals surface area contributed by atoms with Crippen LogP contribution in [-0.2, 0) is 0 Å². The number of rotatable bonds is 5. The molecule has 0 bridgehead atoms. The SMILES string of the molecule is CCCCNc1cccc(NC(N)=O)c1. The molecule has 2 amide bonds. The predicted octanol–water partition coefficient (Wildman–Crippen LogP) is 2.39. The summed E-state index contributed by atoms with van der Waals surface area (Å²) in [6, 6.07) is 6.96. The van der Waals surface area contributed by atoms with Crippen molar-refractivity contribution in [3.05, 3.63) is 24.3 Å². The van der Waals surface area contributed by atoms with Crippen LogP contribution in [0.4, 0.5) is 16.2 Å². The highest BCUT2D eigenvalue weighted by molar-refractivity contribution is 5.88. The molecule has 0 atom stereocenters. The van der Waals surface area contributed by atoms with Gasteiger partial charge in [-0.3, -0.25) is 0 Å². The molecule has 4 N–H and O–H groups in total. The van der Waals surface area contributed by atoms with E-state index in [0.29, 0.717) is 5.69 Å². The van der Waals surface area contributed by atoms with Gasteiger partial charge in [0.1, 0.15) is 0 Å². The monoisotopic (exact) mass is 207 g/mol. The van der Waals surface area contributed by atoms with Crippen molar-refractivity contribution in [2.75, 3.05) is 17.2 Å². The molecule has 0 saturated carbocycles. The topological polar surface area (TPSA) is 67.2 Å². The van der Waals surface area contributed by atoms with E-state index in [1.165, 1.54) is 0 Å². The first kappa shape index (κ1) is 11.4. The summed E-state index contributed by atoms with van der Waals surface area (Å²) in [6.45, 7) is 3.09. The lowest BCUT2D eigenvalue weighted by molar-refractivity contribution is 0.259. The van der Waals surface area contributed by atoms with Crippen LogP contribution in [0.25, 0.3) is 0 Å². The molecule has 0 aromatic heterocycles. The van der Waals surface area contributed by atoms with Crippen LogP contribution in [0, 0.1) is 0 Å². The Labute approximate surface area is 89.9 Å². The van der Waals surface area contributed by atoms with Gasteiger partial charge in [-0.1, -0.05) is 19.4 Å². The number of primary amides is 1. The lowest BCUT2D eigenvalue weighted by Crippen LogP contribution is -2.19. The highest BCUT2D eigenvalue weighted by Gasteiger charge is 1.97. The molecule has 15 heavy (non-hydrogen) atoms. The third-order valence-electron chi connectivity index (χ3n) is 1.99. The highest BCUT2D eigenvalue weighted by Crippen LogP contribution is 2.14. The van der Waals surface area contributed by atoms with Crippen molar-refractivity contribution in [1.29, 1.82) is 0 Å². The molecule has 0 aliphatic heterocycles. The van der Waals surface area contributed by atoms with E-state index in [1.54, 1.807) is 6.07 Å². The fourth-order valence-electron chi connectivity index (χ4n) is 1.26. The number of urea groups is 1. The number of amides is 2. The first-order valence-electron chi connectivity index (χ1n) is 5.12. The molecular weight excluding hydrogens is 190 g/mol. The van der Waals surface area contributed by atoms with E-state index in [1.807, 2.05) is 18.2 Å². The molecular formula is C11H17N3O. The van der Waals surface area contributed by atoms with Crippen LogP contribution in [0.5, 0.6) is 0 Å². The first-order chi connectivity index (χ1) is 7.22. The molecule has 0 radical (unpaired) electrons. The molecule has 0 unspecified atom stereocenters. The minimum atomic E-state index is -0.541. The van der Waals surface area contributed by atoms with Crippen molar-refractivity contribution in [2.45, 2.75) is 19.8 Å². The minimum absolute atomic E-state index is 0.541. The minimum Gasteiger partial charge on any atom is -0.385 e. The Kier molecular flexibility index (Phi) is 4.47. The third kappa shape index (κ3) is 4.35. The molecule has 0 heterocycles. The van der Waals surface area contributed by atoms with Crippen LogP contribution >= 0.6 is 0 Å². The molecule has 1 aromatic carbocycles. The van der Waals surface area contributed by atoms with E-state index in [4.69, 9.17) is 5.73 Å². The fraction of sp³-hybridized carbons (Fsp3) is 0.364. The summed E-state index contributed by atoms with van der Waals surface area (Å²) in [7, 11) is 0. The van der Waals surface area contributed by atoms with Crippen LogP contribution < -0.4 is 16.4 Å². The van der Waals surface area contributed by atoms with Gasteiger partial charge in [0.05, 0.1) is 0 Å². The first-order valence-corrected chi connectivity index (χ1v) is 5.12. The van der Waals surface area contributed by atoms with E-state index in [9.17, 15) is 4.79 Å². The number of carbonyl (C=O) groups is 1. The smallest absolute Gasteiger partial charge is 0.316 e. The Hall–Kier alpha value is -1.71. The van der Waals surface area contributed by atoms with Crippen molar-refractivity contribution in [2.24, 2.45) is 5.73 Å². The van der Waals surface area contributed by atoms with Gasteiger partial charge in [-0.05, 0) is 24.6 Å². The maximum absolute atomic E-state index is 10.6. The fourth-order valence-corrected chi connectivity index (χ4v) is 1.26. The normalized spacial score (nSPS) is 9.67. The van der Waals surface area contributed by atoms with Gasteiger partial charge in [0.25, 0.3) is 0 Å². The van der Waals surface area contributed by atoms with Gasteiger partial charge in [0.2, 0.25) is 0 Å². The van der Waals surface area contributed by atoms with E-state index >= 15 is 0 Å². The number of hydrogen-bond acceptors (Lipinski definition) is 2. The van der Waals surface area contributed by atoms with Crippen molar-refractivity contribution in [3.63, 3.8) is 0 Å². The molecule has 0 fully saturated rings. The molecule has 0 spiro atoms. The van der Waals surface area contributed by atoms with Gasteiger partial charge in [0.15, 0.2) is 0 Å². The molecule has 1 aromatic rings. The molecule has 4 heteroatoms. The Morgan fingerprint density at radius 3 is 2.80 bits per heavy atom. The standard InChI is InChI=1S/C11H17N3O/c1-2-3-7-13-9-5-4-6-10(8-9)14-11(12)15/h4-6,8,13H,2-3,7H2,1H3,(H3,12,14,15). The highest BCUT2D eigenvalue weighted by atomic mass is 16.2. The zero-order chi connectivity index (χ0) is 11.1. The van der Waals surface area contributed by atoms with Crippen LogP contribution in [0.2, 0.25) is 0 Å². The van der Waals surface area contributed by atoms with Crippen molar-refractivity contribution >= 4 is 17.4 Å². The van der Waals surface area contributed by atoms with Crippen LogP contribution in [0.15, 0.2) is 24.3 Å². The lowest BCUT2D eigenvalue weighted by atomic mass is 10.2. The molecule has 82 valence electrons. The lowest BCUT2D eigenvalue weighted by Gasteiger charge is -2.07. The second-order valence-corrected chi connectivity index (χ2v) is 3.35. The Balaban J connectivity index is 2.53. The molecule has 4 nitrogen and oxygen atoms in total. The van der Waals surface area contributed by atoms with E-state index in [0.717, 1.165) is 25.1 Å². The number of anilines is 2. The second kappa shape index (κ2) is 5.90. The van der Waals surface area contributed by atoms with Crippen molar-refractivity contribution in [1.82, 2.24) is 0 Å². The van der Waals surface area contributed by atoms with E-state index in [-0.39, 0.29) is 0 Å². The zero-order valence-corrected chi connectivity index (χ0v) is 8.92. The van der Waals surface area contributed by atoms with E-state index in [2.05, 4.69) is 17.6 Å². The van der Waals surface area contributed by atoms with Crippen molar-refractivity contribution in [3.8, 4) is 0 Å². The Bertz CT molecular complexity index is 325. The molecule has 0 aliphatic rings. The number of hydrogen-bond donors (Lipinski definition) is 3. The van der Waals surface area contributed by atoms with Crippen molar-refractivity contribution < 1.29 is 4.79 Å². The molecule has 0 saturated heterocycles. The summed E-state index contributed by atoms with van der Waals surface area (Å²) in [5.74, 6) is 0. The van der Waals surface area contributed by atoms with Gasteiger partial charge in [-0.25, -0.2) is 4.79 Å². The predicted molar refractivity (Wildman–Crippen MR) is 63.0 cm³/mol. The number of nitrogens with one attached hydrogen (secondary N) is 2. The zero-order valence-electron chi connectivity index (χ0n) is 8.92. The van der Waals surface area contributed by atoms with Gasteiger partial charge in [-0.15, -0.1) is 0 Å². The number of unbranched alkanes of at least 4 members (excludes halogenated alkanes) is 1. The third-order valence-corrected chi connectivity index (χ3v) is 1.99. The van der Waals surface area contributed by atoms with Gasteiger partial charge in [0, 0.05) is 17.9 Å². The average Bonchev–Trinajstić information content (AvgIpc) is 2.18. The van der Waals surface area contributed by atoms with E-state index < -0.39 is 6.03 Å². The van der Waals surface area contributed by atoms with Gasteiger partial charge < -0.3 is 16.4 Å². The molecule has 1 rings (SSSR count). The molecule has 0 aliphatic carbocycles. The summed E-state index contributed by atoms with van der Waals surface area (Å²) in [4.78, 5) is 10.6. The quantitative estimate of drug-likeness (QED) is 0.649. The summed E-state index contributed by atoms with van der Waals surface area (Å²) < 4.78 is 0. The largest absolute Gasteiger partial charge is 0.385 e. The Morgan fingerprint density at radius 2 is 2.13 bits per heavy atom. The summed E-state index contributed by atoms with van der Waals surface area (Å²) >= 11 is 0. The number of benzene rings is 1. The summed E-state index contributed by atoms with van der Waals surface area (Å²) in [6.07, 6.45) is 2.29. The van der Waals surface area contributed by atoms with Gasteiger partial charge in [-0.2, -0.15) is 0 Å². The van der Waals surface area contributed by atoms with Crippen LogP contribution in [0.3, 0.4) is 0 Å². The number of carbonyl (C=O) groups excluding carboxylic acids is 1. The number of nitrogens with two attached hydrogens (primary N) is 1. The van der Waals surface area contributed by atoms with Gasteiger partial charge >= 0.3 is 6.03 Å². The van der Waals surface area contributed by atoms with Crippen LogP contribution in [-0.4, -0.2) is 12.6 Å². The summed E-state index contributed by atoms with van der Waals surface area (Å²) in [5.41, 5.74) is 6.73. The maximum Gasteiger partial charge on any atom is 0.316 e. The Morgan fingerprint density at radius 1 is 1.40 bits per heavy atom. The summed E-state index contributed by atoms with van der Waals surface area (Å²) in [5, 5.41) is 5.80. The maximum atomic E-state index is 10.6. The average molecular weight is 207 g/mol. The van der Waals surface area contributed by atoms with Crippen LogP contribution in [0.1, 0.15) is 19.8 Å².